The highest BCUT2D eigenvalue weighted by Gasteiger charge is 2.20. The molecule has 4 rings (SSSR count). The highest BCUT2D eigenvalue weighted by atomic mass is 79.9. The van der Waals surface area contributed by atoms with Crippen molar-refractivity contribution in [3.8, 4) is 11.5 Å². The fourth-order valence-corrected chi connectivity index (χ4v) is 4.35. The number of ether oxygens (including phenoxy) is 2. The van der Waals surface area contributed by atoms with Crippen LogP contribution in [-0.2, 0) is 11.3 Å². The number of halogens is 1. The number of imidazole rings is 1. The summed E-state index contributed by atoms with van der Waals surface area (Å²) in [6.45, 7) is 0.803. The Balaban J connectivity index is 1.72. The molecule has 10 heteroatoms. The number of amides is 1. The molecule has 27 heavy (non-hydrogen) atoms. The molecule has 0 radical (unpaired) electrons. The molecule has 4 N–H and O–H groups in total. The summed E-state index contributed by atoms with van der Waals surface area (Å²) < 4.78 is 13.8. The second-order valence-electron chi connectivity index (χ2n) is 5.92. The average molecular weight is 450 g/mol. The van der Waals surface area contributed by atoms with Gasteiger partial charge in [-0.1, -0.05) is 11.8 Å². The lowest BCUT2D eigenvalue weighted by Crippen LogP contribution is -2.11. The topological polar surface area (TPSA) is 118 Å². The third kappa shape index (κ3) is 3.54. The third-order valence-corrected chi connectivity index (χ3v) is 6.06. The Morgan fingerprint density at radius 3 is 2.89 bits per heavy atom. The molecular formula is C17H16BrN5O3S. The van der Waals surface area contributed by atoms with Gasteiger partial charge in [0.2, 0.25) is 12.7 Å². The van der Waals surface area contributed by atoms with E-state index in [9.17, 15) is 4.79 Å². The number of anilines is 1. The van der Waals surface area contributed by atoms with E-state index in [1.165, 1.54) is 11.8 Å². The van der Waals surface area contributed by atoms with Gasteiger partial charge in [0.15, 0.2) is 22.5 Å². The molecule has 0 spiro atoms. The molecule has 0 fully saturated rings. The van der Waals surface area contributed by atoms with E-state index in [0.29, 0.717) is 42.2 Å². The number of carbonyl (C=O) groups is 1. The number of nitrogens with two attached hydrogens (primary N) is 2. The smallest absolute Gasteiger partial charge is 0.231 e. The van der Waals surface area contributed by atoms with Crippen LogP contribution < -0.4 is 20.9 Å². The predicted octanol–water partition coefficient (Wildman–Crippen LogP) is 2.92. The van der Waals surface area contributed by atoms with E-state index >= 15 is 0 Å². The van der Waals surface area contributed by atoms with Gasteiger partial charge in [-0.25, -0.2) is 9.97 Å². The Morgan fingerprint density at radius 1 is 1.33 bits per heavy atom. The normalized spacial score (nSPS) is 12.6. The van der Waals surface area contributed by atoms with Crippen molar-refractivity contribution in [2.75, 3.05) is 12.5 Å². The van der Waals surface area contributed by atoms with Crippen molar-refractivity contribution in [1.29, 1.82) is 0 Å². The Bertz CT molecular complexity index is 1040. The van der Waals surface area contributed by atoms with Gasteiger partial charge in [0, 0.05) is 28.5 Å². The zero-order chi connectivity index (χ0) is 19.0. The van der Waals surface area contributed by atoms with Gasteiger partial charge in [-0.3, -0.25) is 4.79 Å². The van der Waals surface area contributed by atoms with E-state index in [2.05, 4.69) is 25.9 Å². The van der Waals surface area contributed by atoms with Crippen LogP contribution in [0.25, 0.3) is 11.0 Å². The molecular weight excluding hydrogens is 434 g/mol. The van der Waals surface area contributed by atoms with Crippen LogP contribution in [-0.4, -0.2) is 27.2 Å². The van der Waals surface area contributed by atoms with Crippen molar-refractivity contribution in [1.82, 2.24) is 14.5 Å². The molecule has 0 saturated carbocycles. The van der Waals surface area contributed by atoms with Crippen molar-refractivity contribution in [3.05, 3.63) is 28.9 Å². The molecule has 0 saturated heterocycles. The summed E-state index contributed by atoms with van der Waals surface area (Å²) in [7, 11) is 0. The Morgan fingerprint density at radius 2 is 2.11 bits per heavy atom. The highest BCUT2D eigenvalue weighted by molar-refractivity contribution is 9.10. The van der Waals surface area contributed by atoms with Gasteiger partial charge in [-0.15, -0.1) is 0 Å². The molecule has 3 aromatic rings. The summed E-state index contributed by atoms with van der Waals surface area (Å²) in [5.41, 5.74) is 12.8. The van der Waals surface area contributed by atoms with Crippen LogP contribution in [0.2, 0.25) is 0 Å². The number of nitrogens with zero attached hydrogens (tertiary/aromatic N) is 3. The summed E-state index contributed by atoms with van der Waals surface area (Å²) in [5.74, 6) is 1.44. The Labute approximate surface area is 167 Å². The van der Waals surface area contributed by atoms with Crippen molar-refractivity contribution in [2.24, 2.45) is 5.73 Å². The van der Waals surface area contributed by atoms with Crippen molar-refractivity contribution < 1.29 is 14.3 Å². The van der Waals surface area contributed by atoms with Crippen molar-refractivity contribution in [2.45, 2.75) is 29.4 Å². The van der Waals surface area contributed by atoms with E-state index in [1.54, 1.807) is 6.20 Å². The van der Waals surface area contributed by atoms with Crippen LogP contribution >= 0.6 is 27.7 Å². The third-order valence-electron chi connectivity index (χ3n) is 4.09. The van der Waals surface area contributed by atoms with Crippen LogP contribution in [0.15, 0.2) is 38.9 Å². The summed E-state index contributed by atoms with van der Waals surface area (Å²) in [5, 5.41) is 0.744. The molecule has 2 aromatic heterocycles. The minimum Gasteiger partial charge on any atom is -0.454 e. The van der Waals surface area contributed by atoms with Crippen LogP contribution in [0.3, 0.4) is 0 Å². The van der Waals surface area contributed by atoms with Gasteiger partial charge in [0.1, 0.15) is 5.52 Å². The first-order valence-corrected chi connectivity index (χ1v) is 9.80. The molecule has 1 amide bonds. The van der Waals surface area contributed by atoms with E-state index in [-0.39, 0.29) is 12.7 Å². The standard InChI is InChI=1S/C17H16BrN5O3S/c18-9-6-11-12(26-8-25-11)7-13(9)27-17-22-15-10(3-4-21-16(15)20)23(17)5-1-2-14(19)24/h3-4,6-7H,1-2,5,8H2,(H2,19,24)(H2,20,21). The van der Waals surface area contributed by atoms with E-state index in [4.69, 9.17) is 20.9 Å². The zero-order valence-corrected chi connectivity index (χ0v) is 16.5. The first kappa shape index (κ1) is 17.9. The summed E-state index contributed by atoms with van der Waals surface area (Å²) in [4.78, 5) is 20.8. The number of aromatic nitrogens is 3. The molecule has 0 unspecified atom stereocenters. The van der Waals surface area contributed by atoms with Gasteiger partial charge in [0.25, 0.3) is 0 Å². The molecule has 1 aliphatic rings. The van der Waals surface area contributed by atoms with Crippen LogP contribution in [0.4, 0.5) is 5.82 Å². The number of hydrogen-bond donors (Lipinski definition) is 2. The SMILES string of the molecule is NC(=O)CCCn1c(Sc2cc3c(cc2Br)OCO3)nc2c(N)nccc21. The number of carbonyl (C=O) groups excluding carboxylic acids is 1. The van der Waals surface area contributed by atoms with Gasteiger partial charge in [-0.2, -0.15) is 0 Å². The molecule has 1 aromatic carbocycles. The number of pyridine rings is 1. The summed E-state index contributed by atoms with van der Waals surface area (Å²) in [6, 6.07) is 5.65. The maximum absolute atomic E-state index is 11.1. The lowest BCUT2D eigenvalue weighted by atomic mass is 10.3. The number of nitrogen functional groups attached to an aromatic ring is 1. The number of aryl methyl sites for hydroxylation is 1. The highest BCUT2D eigenvalue weighted by Crippen LogP contribution is 2.43. The summed E-state index contributed by atoms with van der Waals surface area (Å²) in [6.07, 6.45) is 2.56. The maximum Gasteiger partial charge on any atom is 0.231 e. The molecule has 0 atom stereocenters. The second kappa shape index (κ2) is 7.28. The summed E-state index contributed by atoms with van der Waals surface area (Å²) >= 11 is 5.04. The monoisotopic (exact) mass is 449 g/mol. The van der Waals surface area contributed by atoms with Gasteiger partial charge in [-0.05, 0) is 40.5 Å². The van der Waals surface area contributed by atoms with E-state index < -0.39 is 0 Å². The zero-order valence-electron chi connectivity index (χ0n) is 14.1. The maximum atomic E-state index is 11.1. The molecule has 8 nitrogen and oxygen atoms in total. The Hall–Kier alpha value is -2.46. The fourth-order valence-electron chi connectivity index (χ4n) is 2.83. The van der Waals surface area contributed by atoms with Gasteiger partial charge in [0.05, 0.1) is 5.52 Å². The number of primary amides is 1. The quantitative estimate of drug-likeness (QED) is 0.593. The van der Waals surface area contributed by atoms with Crippen LogP contribution in [0.5, 0.6) is 11.5 Å². The number of rotatable bonds is 6. The lowest BCUT2D eigenvalue weighted by Gasteiger charge is -2.10. The first-order chi connectivity index (χ1) is 13.0. The molecule has 3 heterocycles. The van der Waals surface area contributed by atoms with Gasteiger partial charge < -0.3 is 25.5 Å². The predicted molar refractivity (Wildman–Crippen MR) is 105 cm³/mol. The molecule has 1 aliphatic heterocycles. The molecule has 0 bridgehead atoms. The van der Waals surface area contributed by atoms with E-state index in [0.717, 1.165) is 20.0 Å². The van der Waals surface area contributed by atoms with E-state index in [1.807, 2.05) is 22.8 Å². The van der Waals surface area contributed by atoms with Crippen molar-refractivity contribution in [3.63, 3.8) is 0 Å². The number of benzene rings is 1. The average Bonchev–Trinajstić information content (AvgIpc) is 3.21. The number of hydrogen-bond acceptors (Lipinski definition) is 7. The van der Waals surface area contributed by atoms with Crippen LogP contribution in [0.1, 0.15) is 12.8 Å². The lowest BCUT2D eigenvalue weighted by molar-refractivity contribution is -0.118. The minimum absolute atomic E-state index is 0.212. The van der Waals surface area contributed by atoms with Gasteiger partial charge >= 0.3 is 0 Å². The largest absolute Gasteiger partial charge is 0.454 e. The Kier molecular flexibility index (Phi) is 4.83. The molecule has 0 aliphatic carbocycles. The minimum atomic E-state index is -0.326. The van der Waals surface area contributed by atoms with Crippen molar-refractivity contribution >= 4 is 50.5 Å². The second-order valence-corrected chi connectivity index (χ2v) is 7.78. The first-order valence-electron chi connectivity index (χ1n) is 8.19. The number of fused-ring (bicyclic) bond motifs is 2. The fraction of sp³-hybridized carbons (Fsp3) is 0.235. The molecule has 140 valence electrons. The van der Waals surface area contributed by atoms with Crippen LogP contribution in [0, 0.1) is 0 Å².